The minimum atomic E-state index is -0.642. The molecule has 0 radical (unpaired) electrons. The molecule has 0 aliphatic heterocycles. The Balaban J connectivity index is 2.10. The molecule has 2 rings (SSSR count). The van der Waals surface area contributed by atoms with Gasteiger partial charge in [0.15, 0.2) is 5.75 Å². The van der Waals surface area contributed by atoms with Crippen molar-refractivity contribution in [2.75, 3.05) is 0 Å². The monoisotopic (exact) mass is 264 g/mol. The third-order valence-corrected chi connectivity index (χ3v) is 2.72. The van der Waals surface area contributed by atoms with Gasteiger partial charge in [-0.2, -0.15) is 5.11 Å². The van der Waals surface area contributed by atoms with Crippen molar-refractivity contribution in [3.05, 3.63) is 45.5 Å². The lowest BCUT2D eigenvalue weighted by atomic mass is 10.2. The molecule has 0 amide bonds. The Labute approximate surface area is 106 Å². The second-order valence-electron chi connectivity index (χ2n) is 3.29. The number of hydrogen-bond donors (Lipinski definition) is 1. The molecule has 0 fully saturated rings. The van der Waals surface area contributed by atoms with Crippen LogP contribution in [0, 0.1) is 10.1 Å². The lowest BCUT2D eigenvalue weighted by Crippen LogP contribution is -1.90. The first-order valence-corrected chi connectivity index (χ1v) is 5.78. The Hall–Kier alpha value is -2.35. The predicted octanol–water partition coefficient (Wildman–Crippen LogP) is 3.04. The fourth-order valence-electron chi connectivity index (χ4n) is 1.26. The van der Waals surface area contributed by atoms with Gasteiger partial charge in [-0.3, -0.25) is 10.1 Å². The zero-order valence-corrected chi connectivity index (χ0v) is 9.87. The van der Waals surface area contributed by atoms with Gasteiger partial charge in [0.2, 0.25) is 5.13 Å². The first kappa shape index (κ1) is 12.1. The van der Waals surface area contributed by atoms with Crippen LogP contribution in [0.3, 0.4) is 0 Å². The van der Waals surface area contributed by atoms with Crippen molar-refractivity contribution in [1.82, 2.24) is 4.98 Å². The minimum absolute atomic E-state index is 0.195. The SMILES string of the molecule is O=[N+]([O-])c1cc(CN=Nc2nccs2)ccc1O. The van der Waals surface area contributed by atoms with Gasteiger partial charge in [0.05, 0.1) is 11.5 Å². The summed E-state index contributed by atoms with van der Waals surface area (Å²) in [5, 5.41) is 29.9. The van der Waals surface area contributed by atoms with E-state index in [2.05, 4.69) is 15.2 Å². The first-order valence-electron chi connectivity index (χ1n) is 4.90. The molecule has 0 spiro atoms. The van der Waals surface area contributed by atoms with Gasteiger partial charge in [0.1, 0.15) is 0 Å². The number of phenolic OH excluding ortho intramolecular Hbond substituents is 1. The Bertz CT molecular complexity index is 583. The van der Waals surface area contributed by atoms with E-state index >= 15 is 0 Å². The highest BCUT2D eigenvalue weighted by Gasteiger charge is 2.13. The summed E-state index contributed by atoms with van der Waals surface area (Å²) in [4.78, 5) is 13.9. The molecule has 0 saturated carbocycles. The molecule has 0 unspecified atom stereocenters. The zero-order chi connectivity index (χ0) is 13.0. The Kier molecular flexibility index (Phi) is 3.58. The second kappa shape index (κ2) is 5.32. The van der Waals surface area contributed by atoms with Crippen LogP contribution >= 0.6 is 11.3 Å². The van der Waals surface area contributed by atoms with E-state index in [-0.39, 0.29) is 18.0 Å². The average molecular weight is 264 g/mol. The van der Waals surface area contributed by atoms with Gasteiger partial charge in [-0.15, -0.1) is 16.5 Å². The number of azo groups is 1. The number of nitro groups is 1. The number of phenols is 1. The fourth-order valence-corrected chi connectivity index (χ4v) is 1.73. The van der Waals surface area contributed by atoms with E-state index in [1.54, 1.807) is 17.6 Å². The van der Waals surface area contributed by atoms with Gasteiger partial charge in [-0.25, -0.2) is 4.98 Å². The Morgan fingerprint density at radius 2 is 2.33 bits per heavy atom. The summed E-state index contributed by atoms with van der Waals surface area (Å²) < 4.78 is 0. The number of thiazole rings is 1. The summed E-state index contributed by atoms with van der Waals surface area (Å²) in [6.07, 6.45) is 1.62. The normalized spacial score (nSPS) is 10.9. The number of hydrogen-bond acceptors (Lipinski definition) is 7. The molecule has 0 aliphatic rings. The van der Waals surface area contributed by atoms with Crippen molar-refractivity contribution in [2.24, 2.45) is 10.2 Å². The second-order valence-corrected chi connectivity index (χ2v) is 4.17. The van der Waals surface area contributed by atoms with Crippen LogP contribution in [0.4, 0.5) is 10.8 Å². The van der Waals surface area contributed by atoms with Gasteiger partial charge < -0.3 is 5.11 Å². The summed E-state index contributed by atoms with van der Waals surface area (Å²) in [6.45, 7) is 0.195. The number of aromatic nitrogens is 1. The van der Waals surface area contributed by atoms with Crippen LogP contribution in [0.15, 0.2) is 40.0 Å². The maximum absolute atomic E-state index is 10.6. The van der Waals surface area contributed by atoms with Crippen LogP contribution in [0.2, 0.25) is 0 Å². The summed E-state index contributed by atoms with van der Waals surface area (Å²) >= 11 is 1.35. The smallest absolute Gasteiger partial charge is 0.311 e. The molecule has 7 nitrogen and oxygen atoms in total. The maximum atomic E-state index is 10.6. The standard InChI is InChI=1S/C10H8N4O3S/c15-9-2-1-7(5-8(9)14(16)17)6-12-13-10-11-3-4-18-10/h1-5,15H,6H2. The predicted molar refractivity (Wildman–Crippen MR) is 65.1 cm³/mol. The third kappa shape index (κ3) is 2.86. The molecule has 0 bridgehead atoms. The fraction of sp³-hybridized carbons (Fsp3) is 0.100. The van der Waals surface area contributed by atoms with Crippen molar-refractivity contribution in [3.63, 3.8) is 0 Å². The maximum Gasteiger partial charge on any atom is 0.311 e. The third-order valence-electron chi connectivity index (χ3n) is 2.07. The molecule has 2 aromatic rings. The molecule has 0 atom stereocenters. The lowest BCUT2D eigenvalue weighted by molar-refractivity contribution is -0.385. The molecule has 92 valence electrons. The van der Waals surface area contributed by atoms with Gasteiger partial charge in [-0.05, 0) is 11.6 Å². The quantitative estimate of drug-likeness (QED) is 0.521. The molecular weight excluding hydrogens is 256 g/mol. The Morgan fingerprint density at radius 1 is 1.50 bits per heavy atom. The topological polar surface area (TPSA) is 101 Å². The van der Waals surface area contributed by atoms with E-state index in [1.165, 1.54) is 23.5 Å². The molecular formula is C10H8N4O3S. The highest BCUT2D eigenvalue weighted by Crippen LogP contribution is 2.26. The Morgan fingerprint density at radius 3 is 3.00 bits per heavy atom. The number of nitro benzene ring substituents is 1. The van der Waals surface area contributed by atoms with E-state index < -0.39 is 4.92 Å². The van der Waals surface area contributed by atoms with Crippen LogP contribution in [0.1, 0.15) is 5.56 Å². The van der Waals surface area contributed by atoms with Crippen LogP contribution in [-0.4, -0.2) is 15.0 Å². The van der Waals surface area contributed by atoms with E-state index in [0.29, 0.717) is 10.7 Å². The molecule has 8 heteroatoms. The van der Waals surface area contributed by atoms with Crippen LogP contribution in [0.5, 0.6) is 5.75 Å². The number of rotatable bonds is 4. The van der Waals surface area contributed by atoms with Crippen molar-refractivity contribution < 1.29 is 10.0 Å². The number of aromatic hydroxyl groups is 1. The van der Waals surface area contributed by atoms with E-state index in [9.17, 15) is 15.2 Å². The average Bonchev–Trinajstić information content (AvgIpc) is 2.84. The van der Waals surface area contributed by atoms with Crippen molar-refractivity contribution in [3.8, 4) is 5.75 Å². The van der Waals surface area contributed by atoms with Gasteiger partial charge in [0.25, 0.3) is 0 Å². The molecule has 1 aromatic heterocycles. The summed E-state index contributed by atoms with van der Waals surface area (Å²) in [7, 11) is 0. The largest absolute Gasteiger partial charge is 0.502 e. The highest BCUT2D eigenvalue weighted by molar-refractivity contribution is 7.13. The molecule has 0 aliphatic carbocycles. The molecule has 18 heavy (non-hydrogen) atoms. The highest BCUT2D eigenvalue weighted by atomic mass is 32.1. The molecule has 0 saturated heterocycles. The number of benzene rings is 1. The van der Waals surface area contributed by atoms with E-state index in [1.807, 2.05) is 0 Å². The molecule has 1 heterocycles. The molecule has 1 aromatic carbocycles. The number of nitrogens with zero attached hydrogens (tertiary/aromatic N) is 4. The van der Waals surface area contributed by atoms with Gasteiger partial charge in [-0.1, -0.05) is 6.07 Å². The van der Waals surface area contributed by atoms with E-state index in [0.717, 1.165) is 0 Å². The minimum Gasteiger partial charge on any atom is -0.502 e. The van der Waals surface area contributed by atoms with E-state index in [4.69, 9.17) is 0 Å². The first-order chi connectivity index (χ1) is 8.66. The van der Waals surface area contributed by atoms with Crippen molar-refractivity contribution >= 4 is 22.2 Å². The lowest BCUT2D eigenvalue weighted by Gasteiger charge is -1.98. The summed E-state index contributed by atoms with van der Waals surface area (Å²) in [5.41, 5.74) is 0.261. The van der Waals surface area contributed by atoms with Crippen molar-refractivity contribution in [1.29, 1.82) is 0 Å². The van der Waals surface area contributed by atoms with Crippen LogP contribution in [-0.2, 0) is 6.54 Å². The molecule has 1 N–H and O–H groups in total. The van der Waals surface area contributed by atoms with Crippen LogP contribution < -0.4 is 0 Å². The van der Waals surface area contributed by atoms with Crippen molar-refractivity contribution in [2.45, 2.75) is 6.54 Å². The summed E-state index contributed by atoms with van der Waals surface area (Å²) in [5.74, 6) is -0.361. The summed E-state index contributed by atoms with van der Waals surface area (Å²) in [6, 6.07) is 4.10. The zero-order valence-electron chi connectivity index (χ0n) is 9.05. The van der Waals surface area contributed by atoms with Gasteiger partial charge >= 0.3 is 5.69 Å². The van der Waals surface area contributed by atoms with Gasteiger partial charge in [0, 0.05) is 17.6 Å². The van der Waals surface area contributed by atoms with Crippen LogP contribution in [0.25, 0.3) is 0 Å².